The van der Waals surface area contributed by atoms with Crippen LogP contribution < -0.4 is 0 Å². The van der Waals surface area contributed by atoms with Crippen LogP contribution in [0.3, 0.4) is 0 Å². The van der Waals surface area contributed by atoms with Gasteiger partial charge in [0.15, 0.2) is 11.5 Å². The normalized spacial score (nSPS) is 12.9. The highest BCUT2D eigenvalue weighted by Gasteiger charge is 2.24. The van der Waals surface area contributed by atoms with E-state index in [1.165, 1.54) is 7.11 Å². The van der Waals surface area contributed by atoms with Gasteiger partial charge in [-0.05, 0) is 31.8 Å². The van der Waals surface area contributed by atoms with Gasteiger partial charge >= 0.3 is 5.97 Å². The summed E-state index contributed by atoms with van der Waals surface area (Å²) in [4.78, 5) is 17.9. The number of carbonyl (C=O) groups is 1. The van der Waals surface area contributed by atoms with E-state index in [2.05, 4.69) is 4.98 Å². The van der Waals surface area contributed by atoms with Crippen molar-refractivity contribution in [1.82, 2.24) is 9.88 Å². The van der Waals surface area contributed by atoms with E-state index in [4.69, 9.17) is 9.15 Å². The highest BCUT2D eigenvalue weighted by molar-refractivity contribution is 5.80. The Morgan fingerprint density at radius 2 is 2.17 bits per heavy atom. The van der Waals surface area contributed by atoms with Crippen LogP contribution in [0.5, 0.6) is 0 Å². The third-order valence-corrected chi connectivity index (χ3v) is 2.78. The van der Waals surface area contributed by atoms with Gasteiger partial charge in [-0.2, -0.15) is 0 Å². The van der Waals surface area contributed by atoms with Crippen LogP contribution in [0, 0.1) is 6.92 Å². The number of esters is 1. The van der Waals surface area contributed by atoms with Crippen molar-refractivity contribution in [3.05, 3.63) is 29.7 Å². The molecule has 1 unspecified atom stereocenters. The first-order chi connectivity index (χ1) is 8.52. The molecule has 0 aliphatic carbocycles. The summed E-state index contributed by atoms with van der Waals surface area (Å²) in [5.41, 5.74) is 2.31. The molecule has 1 aromatic heterocycles. The zero-order valence-electron chi connectivity index (χ0n) is 10.9. The van der Waals surface area contributed by atoms with Crippen molar-refractivity contribution in [2.24, 2.45) is 0 Å². The fourth-order valence-electron chi connectivity index (χ4n) is 1.99. The Balaban J connectivity index is 2.47. The highest BCUT2D eigenvalue weighted by atomic mass is 16.5. The van der Waals surface area contributed by atoms with Gasteiger partial charge in [-0.25, -0.2) is 9.78 Å². The summed E-state index contributed by atoms with van der Waals surface area (Å²) in [5.74, 6) is 0.321. The van der Waals surface area contributed by atoms with Gasteiger partial charge in [-0.3, -0.25) is 4.90 Å². The molecule has 5 heteroatoms. The van der Waals surface area contributed by atoms with Crippen LogP contribution in [-0.4, -0.2) is 37.1 Å². The van der Waals surface area contributed by atoms with Crippen molar-refractivity contribution < 1.29 is 13.9 Å². The smallest absolute Gasteiger partial charge is 0.327 e. The lowest BCUT2D eigenvalue weighted by Gasteiger charge is -2.21. The Kier molecular flexibility index (Phi) is 3.34. The number of ether oxygens (including phenoxy) is 1. The average Bonchev–Trinajstić information content (AvgIpc) is 2.68. The Bertz CT molecular complexity index is 575. The van der Waals surface area contributed by atoms with Crippen LogP contribution in [-0.2, 0) is 9.53 Å². The first-order valence-corrected chi connectivity index (χ1v) is 5.64. The van der Waals surface area contributed by atoms with E-state index >= 15 is 0 Å². The number of oxazole rings is 1. The largest absolute Gasteiger partial charge is 0.468 e. The lowest BCUT2D eigenvalue weighted by atomic mass is 10.1. The summed E-state index contributed by atoms with van der Waals surface area (Å²) in [5, 5.41) is 0. The number of methoxy groups -OCH3 is 1. The van der Waals surface area contributed by atoms with Crippen molar-refractivity contribution >= 4 is 17.1 Å². The first-order valence-electron chi connectivity index (χ1n) is 5.64. The number of aryl methyl sites for hydroxylation is 1. The first kappa shape index (κ1) is 12.6. The molecule has 1 atom stereocenters. The molecule has 0 radical (unpaired) electrons. The molecule has 2 rings (SSSR count). The molecule has 96 valence electrons. The summed E-state index contributed by atoms with van der Waals surface area (Å²) >= 11 is 0. The Morgan fingerprint density at radius 3 is 2.78 bits per heavy atom. The zero-order valence-corrected chi connectivity index (χ0v) is 10.9. The number of aromatic nitrogens is 1. The summed E-state index contributed by atoms with van der Waals surface area (Å²) in [6.45, 7) is 1.80. The molecule has 5 nitrogen and oxygen atoms in total. The summed E-state index contributed by atoms with van der Waals surface area (Å²) in [7, 11) is 5.05. The van der Waals surface area contributed by atoms with Crippen LogP contribution in [0.1, 0.15) is 17.5 Å². The van der Waals surface area contributed by atoms with Gasteiger partial charge in [0.05, 0.1) is 7.11 Å². The average molecular weight is 248 g/mol. The maximum atomic E-state index is 11.8. The number of hydrogen-bond acceptors (Lipinski definition) is 5. The quantitative estimate of drug-likeness (QED) is 0.777. The predicted molar refractivity (Wildman–Crippen MR) is 67.2 cm³/mol. The predicted octanol–water partition coefficient (Wildman–Crippen LogP) is 1.91. The van der Waals surface area contributed by atoms with Gasteiger partial charge in [0, 0.05) is 6.92 Å². The van der Waals surface area contributed by atoms with E-state index in [9.17, 15) is 4.79 Å². The lowest BCUT2D eigenvalue weighted by molar-refractivity contribution is -0.146. The van der Waals surface area contributed by atoms with E-state index in [1.54, 1.807) is 11.8 Å². The van der Waals surface area contributed by atoms with Crippen LogP contribution in [0.2, 0.25) is 0 Å². The van der Waals surface area contributed by atoms with Crippen molar-refractivity contribution in [2.45, 2.75) is 13.0 Å². The van der Waals surface area contributed by atoms with Gasteiger partial charge in [0.25, 0.3) is 0 Å². The van der Waals surface area contributed by atoms with E-state index in [0.29, 0.717) is 5.89 Å². The molecule has 1 heterocycles. The van der Waals surface area contributed by atoms with Crippen molar-refractivity contribution in [3.63, 3.8) is 0 Å². The molecule has 2 aromatic rings. The molecule has 0 fully saturated rings. The topological polar surface area (TPSA) is 55.6 Å². The molecule has 0 aliphatic heterocycles. The summed E-state index contributed by atoms with van der Waals surface area (Å²) in [6, 6.07) is 5.10. The Hall–Kier alpha value is -1.88. The standard InChI is InChI=1S/C13H16N2O3/c1-8-14-10-7-9(5-6-11(10)18-8)12(15(2)3)13(16)17-4/h5-7,12H,1-4H3. The van der Waals surface area contributed by atoms with Gasteiger partial charge in [-0.15, -0.1) is 0 Å². The SMILES string of the molecule is COC(=O)C(c1ccc2oc(C)nc2c1)N(C)C. The third-order valence-electron chi connectivity index (χ3n) is 2.78. The molecule has 0 N–H and O–H groups in total. The van der Waals surface area contributed by atoms with Crippen molar-refractivity contribution in [3.8, 4) is 0 Å². The molecule has 0 spiro atoms. The van der Waals surface area contributed by atoms with E-state index in [-0.39, 0.29) is 5.97 Å². The number of benzene rings is 1. The highest BCUT2D eigenvalue weighted by Crippen LogP contribution is 2.24. The number of rotatable bonds is 3. The molecule has 0 amide bonds. The second-order valence-electron chi connectivity index (χ2n) is 4.35. The second kappa shape index (κ2) is 4.78. The molecule has 0 aliphatic rings. The van der Waals surface area contributed by atoms with Gasteiger partial charge in [-0.1, -0.05) is 6.07 Å². The molecular weight excluding hydrogens is 232 g/mol. The third kappa shape index (κ3) is 2.22. The summed E-state index contributed by atoms with van der Waals surface area (Å²) < 4.78 is 10.2. The lowest BCUT2D eigenvalue weighted by Crippen LogP contribution is -2.28. The Morgan fingerprint density at radius 1 is 1.44 bits per heavy atom. The van der Waals surface area contributed by atoms with Gasteiger partial charge < -0.3 is 9.15 Å². The molecule has 0 saturated heterocycles. The van der Waals surface area contributed by atoms with E-state index < -0.39 is 6.04 Å². The zero-order chi connectivity index (χ0) is 13.3. The van der Waals surface area contributed by atoms with Gasteiger partial charge in [0.1, 0.15) is 11.6 Å². The molecular formula is C13H16N2O3. The molecule has 0 saturated carbocycles. The monoisotopic (exact) mass is 248 g/mol. The number of fused-ring (bicyclic) bond motifs is 1. The maximum absolute atomic E-state index is 11.8. The number of nitrogens with zero attached hydrogens (tertiary/aromatic N) is 2. The van der Waals surface area contributed by atoms with Crippen molar-refractivity contribution in [1.29, 1.82) is 0 Å². The van der Waals surface area contributed by atoms with E-state index in [0.717, 1.165) is 16.7 Å². The minimum atomic E-state index is -0.434. The minimum absolute atomic E-state index is 0.292. The van der Waals surface area contributed by atoms with Crippen molar-refractivity contribution in [2.75, 3.05) is 21.2 Å². The molecule has 0 bridgehead atoms. The molecule has 1 aromatic carbocycles. The minimum Gasteiger partial charge on any atom is -0.468 e. The van der Waals surface area contributed by atoms with Crippen LogP contribution >= 0.6 is 0 Å². The number of likely N-dealkylation sites (N-methyl/N-ethyl adjacent to an activating group) is 1. The summed E-state index contributed by atoms with van der Waals surface area (Å²) in [6.07, 6.45) is 0. The fourth-order valence-corrected chi connectivity index (χ4v) is 1.99. The van der Waals surface area contributed by atoms with Gasteiger partial charge in [0.2, 0.25) is 0 Å². The second-order valence-corrected chi connectivity index (χ2v) is 4.35. The fraction of sp³-hybridized carbons (Fsp3) is 0.385. The van der Waals surface area contributed by atoms with Crippen LogP contribution in [0.15, 0.2) is 22.6 Å². The Labute approximate surface area is 105 Å². The maximum Gasteiger partial charge on any atom is 0.327 e. The van der Waals surface area contributed by atoms with Crippen LogP contribution in [0.25, 0.3) is 11.1 Å². The number of hydrogen-bond donors (Lipinski definition) is 0. The van der Waals surface area contributed by atoms with E-state index in [1.807, 2.05) is 32.3 Å². The number of carbonyl (C=O) groups excluding carboxylic acids is 1. The molecule has 18 heavy (non-hydrogen) atoms. The van der Waals surface area contributed by atoms with Crippen LogP contribution in [0.4, 0.5) is 0 Å².